The number of nitrogens with zero attached hydrogens (tertiary/aromatic N) is 2. The number of sulfonamides is 1. The minimum Gasteiger partial charge on any atom is -0.495 e. The van der Waals surface area contributed by atoms with E-state index in [4.69, 9.17) is 4.74 Å². The Hall–Kier alpha value is -3.17. The van der Waals surface area contributed by atoms with Crippen LogP contribution in [0, 0.1) is 0 Å². The average Bonchev–Trinajstić information content (AvgIpc) is 2.69. The van der Waals surface area contributed by atoms with E-state index in [0.717, 1.165) is 5.69 Å². The van der Waals surface area contributed by atoms with Gasteiger partial charge in [-0.2, -0.15) is 0 Å². The number of anilines is 4. The van der Waals surface area contributed by atoms with Gasteiger partial charge in [-0.05, 0) is 37.4 Å². The summed E-state index contributed by atoms with van der Waals surface area (Å²) in [6.45, 7) is 0. The smallest absolute Gasteiger partial charge is 0.240 e. The molecule has 0 unspecified atom stereocenters. The third-order valence-corrected chi connectivity index (χ3v) is 5.13. The number of aromatic nitrogens is 2. The quantitative estimate of drug-likeness (QED) is 0.574. The number of hydrogen-bond donors (Lipinski definition) is 3. The highest BCUT2D eigenvalue weighted by atomic mass is 32.2. The molecule has 0 fully saturated rings. The van der Waals surface area contributed by atoms with Gasteiger partial charge in [-0.15, -0.1) is 0 Å². The van der Waals surface area contributed by atoms with Crippen LogP contribution in [-0.2, 0) is 10.0 Å². The topological polar surface area (TPSA) is 105 Å². The molecule has 2 aromatic carbocycles. The van der Waals surface area contributed by atoms with Crippen molar-refractivity contribution in [2.24, 2.45) is 0 Å². The van der Waals surface area contributed by atoms with Crippen molar-refractivity contribution in [3.8, 4) is 5.75 Å². The molecular weight excluding hydrogens is 366 g/mol. The molecule has 3 rings (SSSR count). The summed E-state index contributed by atoms with van der Waals surface area (Å²) in [5.41, 5.74) is 1.36. The molecule has 0 amide bonds. The summed E-state index contributed by atoms with van der Waals surface area (Å²) >= 11 is 0. The van der Waals surface area contributed by atoms with Crippen LogP contribution in [0.1, 0.15) is 0 Å². The minimum atomic E-state index is -3.52. The van der Waals surface area contributed by atoms with Crippen LogP contribution in [0.5, 0.6) is 5.75 Å². The minimum absolute atomic E-state index is 0.163. The second kappa shape index (κ2) is 8.02. The van der Waals surface area contributed by atoms with Crippen molar-refractivity contribution in [1.82, 2.24) is 14.7 Å². The number of rotatable bonds is 7. The van der Waals surface area contributed by atoms with Crippen molar-refractivity contribution in [3.05, 3.63) is 60.9 Å². The Morgan fingerprint density at radius 2 is 1.67 bits per heavy atom. The number of nitrogens with one attached hydrogen (secondary N) is 3. The molecule has 0 bridgehead atoms. The SMILES string of the molecule is CNS(=O)(=O)c1cccc(Nc2cc(Nc3ccccc3OC)ncn2)c1. The first-order valence-corrected chi connectivity index (χ1v) is 9.53. The molecule has 0 radical (unpaired) electrons. The van der Waals surface area contributed by atoms with E-state index in [-0.39, 0.29) is 4.90 Å². The van der Waals surface area contributed by atoms with E-state index in [9.17, 15) is 8.42 Å². The maximum atomic E-state index is 11.9. The van der Waals surface area contributed by atoms with Gasteiger partial charge in [-0.25, -0.2) is 23.1 Å². The summed E-state index contributed by atoms with van der Waals surface area (Å²) in [5.74, 6) is 1.77. The molecule has 0 spiro atoms. The number of para-hydroxylation sites is 2. The molecular formula is C18H19N5O3S. The largest absolute Gasteiger partial charge is 0.495 e. The van der Waals surface area contributed by atoms with Gasteiger partial charge < -0.3 is 15.4 Å². The Morgan fingerprint density at radius 1 is 0.926 bits per heavy atom. The predicted octanol–water partition coefficient (Wildman–Crippen LogP) is 2.88. The van der Waals surface area contributed by atoms with Crippen LogP contribution in [0.15, 0.2) is 65.8 Å². The lowest BCUT2D eigenvalue weighted by Gasteiger charge is -2.12. The van der Waals surface area contributed by atoms with Gasteiger partial charge in [0.1, 0.15) is 23.7 Å². The highest BCUT2D eigenvalue weighted by molar-refractivity contribution is 7.89. The monoisotopic (exact) mass is 385 g/mol. The van der Waals surface area contributed by atoms with E-state index >= 15 is 0 Å². The zero-order valence-corrected chi connectivity index (χ0v) is 15.6. The fourth-order valence-corrected chi connectivity index (χ4v) is 3.16. The van der Waals surface area contributed by atoms with Gasteiger partial charge in [0.05, 0.1) is 17.7 Å². The second-order valence-corrected chi connectivity index (χ2v) is 7.36. The highest BCUT2D eigenvalue weighted by Crippen LogP contribution is 2.27. The molecule has 3 N–H and O–H groups in total. The Labute approximate surface area is 157 Å². The summed E-state index contributed by atoms with van der Waals surface area (Å²) in [6.07, 6.45) is 1.41. The number of hydrogen-bond acceptors (Lipinski definition) is 7. The van der Waals surface area contributed by atoms with E-state index < -0.39 is 10.0 Å². The lowest BCUT2D eigenvalue weighted by Crippen LogP contribution is -2.18. The first kappa shape index (κ1) is 18.6. The molecule has 0 saturated carbocycles. The van der Waals surface area contributed by atoms with Crippen LogP contribution >= 0.6 is 0 Å². The molecule has 0 aliphatic carbocycles. The third-order valence-electron chi connectivity index (χ3n) is 3.72. The molecule has 8 nitrogen and oxygen atoms in total. The molecule has 0 saturated heterocycles. The Morgan fingerprint density at radius 3 is 2.41 bits per heavy atom. The lowest BCUT2D eigenvalue weighted by atomic mass is 10.3. The zero-order valence-electron chi connectivity index (χ0n) is 14.8. The van der Waals surface area contributed by atoms with E-state index in [1.54, 1.807) is 25.3 Å². The van der Waals surface area contributed by atoms with Crippen LogP contribution in [0.25, 0.3) is 0 Å². The van der Waals surface area contributed by atoms with Crippen molar-refractivity contribution in [2.75, 3.05) is 24.8 Å². The second-order valence-electron chi connectivity index (χ2n) is 5.47. The van der Waals surface area contributed by atoms with Crippen molar-refractivity contribution in [2.45, 2.75) is 4.90 Å². The molecule has 1 aromatic heterocycles. The summed E-state index contributed by atoms with van der Waals surface area (Å²) in [5, 5.41) is 6.25. The van der Waals surface area contributed by atoms with E-state index in [2.05, 4.69) is 25.3 Å². The van der Waals surface area contributed by atoms with Crippen LogP contribution in [0.2, 0.25) is 0 Å². The third kappa shape index (κ3) is 4.52. The summed E-state index contributed by atoms with van der Waals surface area (Å²) in [4.78, 5) is 8.53. The lowest BCUT2D eigenvalue weighted by molar-refractivity contribution is 0.417. The number of ether oxygens (including phenoxy) is 1. The molecule has 0 atom stereocenters. The van der Waals surface area contributed by atoms with Crippen LogP contribution in [0.4, 0.5) is 23.0 Å². The van der Waals surface area contributed by atoms with Crippen LogP contribution in [0.3, 0.4) is 0 Å². The van der Waals surface area contributed by atoms with E-state index in [0.29, 0.717) is 23.1 Å². The van der Waals surface area contributed by atoms with Crippen molar-refractivity contribution >= 4 is 33.0 Å². The highest BCUT2D eigenvalue weighted by Gasteiger charge is 2.12. The van der Waals surface area contributed by atoms with Crippen molar-refractivity contribution in [1.29, 1.82) is 0 Å². The zero-order chi connectivity index (χ0) is 19.3. The maximum Gasteiger partial charge on any atom is 0.240 e. The standard InChI is InChI=1S/C18H19N5O3S/c1-19-27(24,25)14-7-5-6-13(10-14)22-17-11-18(21-12-20-17)23-15-8-3-4-9-16(15)26-2/h3-12,19H,1-2H3,(H2,20,21,22,23). The van der Waals surface area contributed by atoms with Gasteiger partial charge in [0.25, 0.3) is 0 Å². The van der Waals surface area contributed by atoms with E-state index in [1.165, 1.54) is 25.5 Å². The average molecular weight is 385 g/mol. The van der Waals surface area contributed by atoms with Gasteiger partial charge in [-0.1, -0.05) is 18.2 Å². The van der Waals surface area contributed by atoms with Gasteiger partial charge >= 0.3 is 0 Å². The summed E-state index contributed by atoms with van der Waals surface area (Å²) in [7, 11) is -0.551. The van der Waals surface area contributed by atoms with Crippen molar-refractivity contribution < 1.29 is 13.2 Å². The molecule has 0 aliphatic rings. The predicted molar refractivity (Wildman–Crippen MR) is 104 cm³/mol. The van der Waals surface area contributed by atoms with Gasteiger partial charge in [-0.3, -0.25) is 0 Å². The van der Waals surface area contributed by atoms with Gasteiger partial charge in [0.2, 0.25) is 10.0 Å². The molecule has 0 aliphatic heterocycles. The summed E-state index contributed by atoms with van der Waals surface area (Å²) in [6, 6.07) is 15.7. The Bertz CT molecular complexity index is 1040. The van der Waals surface area contributed by atoms with E-state index in [1.807, 2.05) is 24.3 Å². The fourth-order valence-electron chi connectivity index (χ4n) is 2.39. The Balaban J connectivity index is 1.82. The van der Waals surface area contributed by atoms with Crippen molar-refractivity contribution in [3.63, 3.8) is 0 Å². The first-order valence-electron chi connectivity index (χ1n) is 8.04. The number of benzene rings is 2. The molecule has 3 aromatic rings. The summed E-state index contributed by atoms with van der Waals surface area (Å²) < 4.78 is 31.5. The van der Waals surface area contributed by atoms with Crippen LogP contribution in [-0.4, -0.2) is 32.5 Å². The van der Waals surface area contributed by atoms with Gasteiger partial charge in [0.15, 0.2) is 0 Å². The fraction of sp³-hybridized carbons (Fsp3) is 0.111. The normalized spacial score (nSPS) is 11.0. The molecule has 1 heterocycles. The van der Waals surface area contributed by atoms with Gasteiger partial charge in [0, 0.05) is 11.8 Å². The number of methoxy groups -OCH3 is 1. The molecule has 140 valence electrons. The Kier molecular flexibility index (Phi) is 5.53. The molecule has 9 heteroatoms. The maximum absolute atomic E-state index is 11.9. The first-order chi connectivity index (χ1) is 13.0. The molecule has 27 heavy (non-hydrogen) atoms. The van der Waals surface area contributed by atoms with Crippen LogP contribution < -0.4 is 20.1 Å².